The molecule has 4 bridgehead atoms. The molecule has 4 aliphatic rings. The number of rotatable bonds is 11. The molecule has 28 heavy (non-hydrogen) atoms. The van der Waals surface area contributed by atoms with E-state index in [2.05, 4.69) is 9.37 Å². The summed E-state index contributed by atoms with van der Waals surface area (Å²) in [6.45, 7) is 1.50. The normalized spacial score (nSPS) is 32.8. The average molecular weight is 419 g/mol. The number of halogens is 1. The smallest absolute Gasteiger partial charge is 0.357 e. The van der Waals surface area contributed by atoms with Crippen LogP contribution >= 0.6 is 12.0 Å². The maximum absolute atomic E-state index is 14.7. The monoisotopic (exact) mass is 419 g/mol. The van der Waals surface area contributed by atoms with Crippen molar-refractivity contribution in [1.29, 1.82) is 0 Å². The molecule has 4 rings (SSSR count). The van der Waals surface area contributed by atoms with Crippen molar-refractivity contribution in [2.24, 2.45) is 23.2 Å². The number of esters is 2. The average Bonchev–Trinajstić information content (AvgIpc) is 2.66. The summed E-state index contributed by atoms with van der Waals surface area (Å²) in [6, 6.07) is 0. The minimum Gasteiger partial charge on any atom is -0.691 e. The van der Waals surface area contributed by atoms with E-state index in [0.29, 0.717) is 19.4 Å². The van der Waals surface area contributed by atoms with Crippen molar-refractivity contribution in [1.82, 2.24) is 0 Å². The summed E-state index contributed by atoms with van der Waals surface area (Å²) in [6.07, 6.45) is 7.97. The summed E-state index contributed by atoms with van der Waals surface area (Å²) in [5.41, 5.74) is 0.0640. The minimum absolute atomic E-state index is 0.0525. The lowest BCUT2D eigenvalue weighted by molar-refractivity contribution is -0.777. The third-order valence-corrected chi connectivity index (χ3v) is 7.13. The van der Waals surface area contributed by atoms with E-state index in [-0.39, 0.29) is 23.9 Å². The molecule has 0 N–H and O–H groups in total. The fraction of sp³-hybridized carbons (Fsp3) is 0.895. The highest BCUT2D eigenvalue weighted by Gasteiger charge is 2.51. The van der Waals surface area contributed by atoms with Crippen LogP contribution in [0.15, 0.2) is 0 Å². The predicted octanol–water partition coefficient (Wildman–Crippen LogP) is 3.02. The summed E-state index contributed by atoms with van der Waals surface area (Å²) in [5.74, 6) is 0.263. The molecule has 9 heteroatoms. The molecule has 0 amide bonds. The van der Waals surface area contributed by atoms with E-state index >= 15 is 0 Å². The highest BCUT2D eigenvalue weighted by molar-refractivity contribution is 7.96. The van der Waals surface area contributed by atoms with Crippen molar-refractivity contribution < 1.29 is 38.1 Å². The molecule has 0 saturated heterocycles. The number of hydrogen-bond acceptors (Lipinski definition) is 8. The van der Waals surface area contributed by atoms with E-state index in [9.17, 15) is 19.2 Å². The highest BCUT2D eigenvalue weighted by atomic mass is 32.2. The van der Waals surface area contributed by atoms with Crippen LogP contribution in [0.1, 0.15) is 64.7 Å². The van der Waals surface area contributed by atoms with Gasteiger partial charge in [0.1, 0.15) is 0 Å². The molecule has 0 heterocycles. The Kier molecular flexibility index (Phi) is 7.22. The molecule has 0 aromatic carbocycles. The quantitative estimate of drug-likeness (QED) is 0.218. The number of alkyl halides is 1. The van der Waals surface area contributed by atoms with Gasteiger partial charge in [0.2, 0.25) is 0 Å². The maximum Gasteiger partial charge on any atom is 0.357 e. The van der Waals surface area contributed by atoms with Crippen LogP contribution in [0.2, 0.25) is 0 Å². The summed E-state index contributed by atoms with van der Waals surface area (Å²) in [7, 11) is 0. The van der Waals surface area contributed by atoms with E-state index in [1.807, 2.05) is 6.92 Å². The van der Waals surface area contributed by atoms with Crippen LogP contribution in [0.3, 0.4) is 0 Å². The van der Waals surface area contributed by atoms with Gasteiger partial charge in [-0.2, -0.15) is 4.33 Å². The van der Waals surface area contributed by atoms with E-state index < -0.39 is 23.5 Å². The van der Waals surface area contributed by atoms with Crippen LogP contribution in [-0.2, 0) is 28.4 Å². The topological polar surface area (TPSA) is 94.1 Å². The zero-order valence-electron chi connectivity index (χ0n) is 16.2. The Morgan fingerprint density at radius 2 is 1.75 bits per heavy atom. The van der Waals surface area contributed by atoms with Crippen LogP contribution < -0.4 is 5.26 Å². The van der Waals surface area contributed by atoms with Gasteiger partial charge < -0.3 is 14.7 Å². The van der Waals surface area contributed by atoms with Crippen LogP contribution in [0.4, 0.5) is 4.39 Å². The zero-order valence-corrected chi connectivity index (χ0v) is 17.0. The van der Waals surface area contributed by atoms with Crippen LogP contribution in [0, 0.1) is 23.2 Å². The molecule has 7 nitrogen and oxygen atoms in total. The number of unbranched alkanes of at least 4 members (excludes halogenated alkanes) is 1. The van der Waals surface area contributed by atoms with Crippen LogP contribution in [0.25, 0.3) is 0 Å². The standard InChI is InChI=1S/C19H29FO7S/c1-2-3-4-19(20,28-27-26-23)17(22)24-11-16(21)25-12-18-8-13-5-14(9-18)7-15(6-13)10-18/h13-15,23H,2-12H2,1H3/p-1. The van der Waals surface area contributed by atoms with E-state index in [1.165, 1.54) is 19.3 Å². The third-order valence-electron chi connectivity index (χ3n) is 6.38. The molecule has 0 radical (unpaired) electrons. The van der Waals surface area contributed by atoms with Gasteiger partial charge >= 0.3 is 11.9 Å². The minimum atomic E-state index is -2.61. The van der Waals surface area contributed by atoms with Gasteiger partial charge in [-0.1, -0.05) is 13.3 Å². The lowest BCUT2D eigenvalue weighted by Gasteiger charge is -2.56. The summed E-state index contributed by atoms with van der Waals surface area (Å²) >= 11 is -0.0525. The lowest BCUT2D eigenvalue weighted by atomic mass is 9.50. The van der Waals surface area contributed by atoms with Crippen molar-refractivity contribution in [2.45, 2.75) is 69.7 Å². The first-order chi connectivity index (χ1) is 13.4. The highest BCUT2D eigenvalue weighted by Crippen LogP contribution is 2.60. The Labute approximate surface area is 168 Å². The van der Waals surface area contributed by atoms with Crippen LogP contribution in [0.5, 0.6) is 0 Å². The van der Waals surface area contributed by atoms with Crippen molar-refractivity contribution in [2.75, 3.05) is 13.2 Å². The van der Waals surface area contributed by atoms with Crippen molar-refractivity contribution in [3.05, 3.63) is 0 Å². The van der Waals surface area contributed by atoms with Gasteiger partial charge in [0, 0.05) is 11.8 Å². The number of hydrogen-bond donors (Lipinski definition) is 0. The van der Waals surface area contributed by atoms with Crippen molar-refractivity contribution in [3.8, 4) is 0 Å². The van der Waals surface area contributed by atoms with Gasteiger partial charge in [0.05, 0.1) is 18.6 Å². The Balaban J connectivity index is 1.45. The van der Waals surface area contributed by atoms with Gasteiger partial charge in [-0.3, -0.25) is 5.04 Å². The first-order valence-electron chi connectivity index (χ1n) is 10.0. The first kappa shape index (κ1) is 21.8. The second kappa shape index (κ2) is 9.28. The molecule has 0 aromatic heterocycles. The van der Waals surface area contributed by atoms with Gasteiger partial charge in [-0.05, 0) is 62.7 Å². The number of carbonyl (C=O) groups excluding carboxylic acids is 2. The van der Waals surface area contributed by atoms with E-state index in [1.54, 1.807) is 0 Å². The predicted molar refractivity (Wildman–Crippen MR) is 95.6 cm³/mol. The fourth-order valence-corrected chi connectivity index (χ4v) is 6.11. The molecule has 4 aliphatic carbocycles. The Bertz CT molecular complexity index is 527. The van der Waals surface area contributed by atoms with Gasteiger partial charge in [-0.25, -0.2) is 14.0 Å². The largest absolute Gasteiger partial charge is 0.691 e. The maximum atomic E-state index is 14.7. The molecule has 1 unspecified atom stereocenters. The van der Waals surface area contributed by atoms with E-state index in [0.717, 1.165) is 37.0 Å². The second-order valence-electron chi connectivity index (χ2n) is 8.71. The summed E-state index contributed by atoms with van der Waals surface area (Å²) < 4.78 is 28.9. The second-order valence-corrected chi connectivity index (χ2v) is 9.66. The molecule has 1 atom stereocenters. The Morgan fingerprint density at radius 1 is 1.14 bits per heavy atom. The molecule has 0 aromatic rings. The summed E-state index contributed by atoms with van der Waals surface area (Å²) in [5, 5.41) is 10.5. The molecule has 0 aliphatic heterocycles. The molecule has 160 valence electrons. The number of ether oxygens (including phenoxy) is 2. The fourth-order valence-electron chi connectivity index (χ4n) is 5.62. The van der Waals surface area contributed by atoms with Crippen LogP contribution in [-0.4, -0.2) is 30.2 Å². The Hall–Kier alpha value is -0.900. The van der Waals surface area contributed by atoms with Crippen molar-refractivity contribution >= 4 is 24.0 Å². The molecule has 4 saturated carbocycles. The number of carbonyl (C=O) groups is 2. The SMILES string of the molecule is CCCCC(F)(SOO[O-])C(=O)OCC(=O)OCC12CC3CC(CC(C3)C1)C2. The molecule has 4 fully saturated rings. The molecular formula is C19H28FO7S-. The zero-order chi connectivity index (χ0) is 20.2. The first-order valence-corrected chi connectivity index (χ1v) is 10.8. The lowest BCUT2D eigenvalue weighted by Crippen LogP contribution is -2.48. The molecular weight excluding hydrogens is 391 g/mol. The van der Waals surface area contributed by atoms with Gasteiger partial charge in [0.25, 0.3) is 5.00 Å². The van der Waals surface area contributed by atoms with Gasteiger partial charge in [0.15, 0.2) is 6.61 Å². The summed E-state index contributed by atoms with van der Waals surface area (Å²) in [4.78, 5) is 24.1. The third kappa shape index (κ3) is 5.17. The van der Waals surface area contributed by atoms with E-state index in [4.69, 9.17) is 9.47 Å². The Morgan fingerprint density at radius 3 is 2.29 bits per heavy atom. The van der Waals surface area contributed by atoms with Gasteiger partial charge in [-0.15, -0.1) is 0 Å². The molecule has 0 spiro atoms. The van der Waals surface area contributed by atoms with Crippen molar-refractivity contribution in [3.63, 3.8) is 0 Å².